The fourth-order valence-electron chi connectivity index (χ4n) is 10.8. The van der Waals surface area contributed by atoms with E-state index < -0.39 is 0 Å². The van der Waals surface area contributed by atoms with Crippen LogP contribution in [0.25, 0.3) is 11.3 Å². The van der Waals surface area contributed by atoms with Crippen LogP contribution in [-0.2, 0) is 4.79 Å². The van der Waals surface area contributed by atoms with Gasteiger partial charge >= 0.3 is 0 Å². The smallest absolute Gasteiger partial charge is 0.251 e. The van der Waals surface area contributed by atoms with Crippen molar-refractivity contribution in [1.29, 1.82) is 0 Å². The fraction of sp³-hybridized carbons (Fsp3) is 0.519. The molecule has 0 bridgehead atoms. The zero-order valence-electron chi connectivity index (χ0n) is 39.0. The summed E-state index contributed by atoms with van der Waals surface area (Å²) in [4.78, 5) is 55.5. The van der Waals surface area contributed by atoms with Gasteiger partial charge in [0.25, 0.3) is 5.91 Å². The molecule has 3 fully saturated rings. The van der Waals surface area contributed by atoms with Gasteiger partial charge in [0.2, 0.25) is 6.41 Å². The van der Waals surface area contributed by atoms with Gasteiger partial charge in [0, 0.05) is 44.4 Å². The highest BCUT2D eigenvalue weighted by Crippen LogP contribution is 2.40. The number of carbonyl (C=O) groups excluding carboxylic acids is 4. The van der Waals surface area contributed by atoms with Crippen LogP contribution in [0.2, 0.25) is 0 Å². The summed E-state index contributed by atoms with van der Waals surface area (Å²) in [5.74, 6) is 4.28. The van der Waals surface area contributed by atoms with E-state index >= 15 is 0 Å². The zero-order valence-corrected chi connectivity index (χ0v) is 39.0. The molecule has 14 heteroatoms. The number of fused-ring (bicyclic) bond motifs is 1. The van der Waals surface area contributed by atoms with E-state index in [0.717, 1.165) is 163 Å². The number of amides is 2. The van der Waals surface area contributed by atoms with Gasteiger partial charge in [-0.05, 0) is 182 Å². The zero-order chi connectivity index (χ0) is 46.3. The summed E-state index contributed by atoms with van der Waals surface area (Å²) in [5.41, 5.74) is 8.77. The molecule has 4 aliphatic heterocycles. The summed E-state index contributed by atoms with van der Waals surface area (Å²) in [5, 5.41) is 14.2. The molecule has 5 N–H and O–H groups in total. The van der Waals surface area contributed by atoms with Crippen LogP contribution < -0.4 is 26.4 Å². The highest BCUT2D eigenvalue weighted by Gasteiger charge is 2.35. The molecule has 3 saturated heterocycles. The first-order valence-electron chi connectivity index (χ1n) is 24.3. The first-order chi connectivity index (χ1) is 32.4. The molecule has 14 nitrogen and oxygen atoms in total. The number of para-hydroxylation sites is 1. The lowest BCUT2D eigenvalue weighted by Crippen LogP contribution is -2.43. The van der Waals surface area contributed by atoms with Gasteiger partial charge in [0.05, 0.1) is 17.2 Å². The molecule has 5 heterocycles. The van der Waals surface area contributed by atoms with Crippen molar-refractivity contribution in [3.8, 4) is 22.8 Å². The van der Waals surface area contributed by atoms with E-state index in [2.05, 4.69) is 41.1 Å². The fourth-order valence-corrected chi connectivity index (χ4v) is 10.8. The van der Waals surface area contributed by atoms with Gasteiger partial charge in [-0.2, -0.15) is 5.10 Å². The van der Waals surface area contributed by atoms with Crippen LogP contribution in [0.5, 0.6) is 11.5 Å². The standard InChI is InChI=1S/C51H66N8O5.CH5N/c1-52-51(63)46-31-42(7-8-43(46)34-60)39-18-27-57(28-19-39)32-37(13-22-53-36-62)15-24-56-25-16-38(17-26-56)33-58-29-20-40(21-30-58)48-14-23-54-50-47(35-61)49(55-59(48)50)41-9-11-45(12-10-41)64-44-5-3-2-4-6-44;1-2/h2-12,31,34-40,48,54H,13-30,32-33H2,1H3,(H,52,63)(H,53,62);2H2,1H3. The lowest BCUT2D eigenvalue weighted by Gasteiger charge is -2.40. The first kappa shape index (κ1) is 48.5. The number of benzene rings is 3. The Hall–Kier alpha value is -5.41. The summed E-state index contributed by atoms with van der Waals surface area (Å²) in [6.45, 7) is 11.4. The van der Waals surface area contributed by atoms with Gasteiger partial charge in [-0.25, -0.2) is 4.68 Å². The third-order valence-electron chi connectivity index (χ3n) is 14.5. The number of ether oxygens (including phenoxy) is 1. The molecule has 0 radical (unpaired) electrons. The average molecular weight is 902 g/mol. The molecule has 66 heavy (non-hydrogen) atoms. The molecule has 2 atom stereocenters. The van der Waals surface area contributed by atoms with Gasteiger partial charge in [0.15, 0.2) is 12.6 Å². The van der Waals surface area contributed by atoms with Crippen molar-refractivity contribution >= 4 is 30.7 Å². The predicted molar refractivity (Wildman–Crippen MR) is 261 cm³/mol. The molecular weight excluding hydrogens is 831 g/mol. The number of nitrogens with zero attached hydrogens (tertiary/aromatic N) is 5. The molecule has 4 aliphatic rings. The topological polar surface area (TPSA) is 167 Å². The number of rotatable bonds is 19. The van der Waals surface area contributed by atoms with Crippen molar-refractivity contribution in [2.75, 3.05) is 91.4 Å². The first-order valence-corrected chi connectivity index (χ1v) is 24.3. The van der Waals surface area contributed by atoms with Crippen molar-refractivity contribution in [3.05, 3.63) is 95.1 Å². The number of hydrogen-bond acceptors (Lipinski definition) is 11. The monoisotopic (exact) mass is 902 g/mol. The lowest BCUT2D eigenvalue weighted by molar-refractivity contribution is -0.109. The lowest BCUT2D eigenvalue weighted by atomic mass is 9.86. The van der Waals surface area contributed by atoms with Gasteiger partial charge < -0.3 is 41.1 Å². The van der Waals surface area contributed by atoms with E-state index in [9.17, 15) is 19.2 Å². The van der Waals surface area contributed by atoms with Crippen LogP contribution in [0.15, 0.2) is 72.8 Å². The Kier molecular flexibility index (Phi) is 17.9. The van der Waals surface area contributed by atoms with Crippen molar-refractivity contribution in [2.45, 2.75) is 69.7 Å². The largest absolute Gasteiger partial charge is 0.457 e. The number of nitrogens with one attached hydrogen (secondary N) is 3. The highest BCUT2D eigenvalue weighted by atomic mass is 16.5. The van der Waals surface area contributed by atoms with E-state index in [1.165, 1.54) is 26.4 Å². The van der Waals surface area contributed by atoms with Crippen LogP contribution in [0.4, 0.5) is 5.82 Å². The van der Waals surface area contributed by atoms with E-state index in [1.807, 2.05) is 66.7 Å². The predicted octanol–water partition coefficient (Wildman–Crippen LogP) is 6.70. The van der Waals surface area contributed by atoms with Crippen molar-refractivity contribution in [2.24, 2.45) is 23.5 Å². The number of aromatic nitrogens is 2. The number of hydrogen-bond donors (Lipinski definition) is 4. The Morgan fingerprint density at radius 3 is 2.20 bits per heavy atom. The SMILES string of the molecule is CN.CNC(=O)c1cc(C2CCN(CC(CCNC=O)CCN3CCC(CN4CCC(C5CCNc6c(C=O)c(-c7ccc(Oc8ccccc8)cc7)nn65)CC4)CC3)CC2)ccc1C=O. The van der Waals surface area contributed by atoms with Gasteiger partial charge in [-0.3, -0.25) is 19.2 Å². The normalized spacial score (nSPS) is 19.3. The molecule has 0 saturated carbocycles. The second kappa shape index (κ2) is 24.4. The maximum atomic E-state index is 12.5. The second-order valence-corrected chi connectivity index (χ2v) is 18.5. The molecule has 0 aliphatic carbocycles. The molecule has 3 aromatic carbocycles. The van der Waals surface area contributed by atoms with E-state index in [0.29, 0.717) is 41.0 Å². The summed E-state index contributed by atoms with van der Waals surface area (Å²) in [6.07, 6.45) is 12.4. The van der Waals surface area contributed by atoms with Crippen molar-refractivity contribution in [3.63, 3.8) is 0 Å². The second-order valence-electron chi connectivity index (χ2n) is 18.5. The minimum Gasteiger partial charge on any atom is -0.457 e. The van der Waals surface area contributed by atoms with Crippen molar-refractivity contribution in [1.82, 2.24) is 35.1 Å². The van der Waals surface area contributed by atoms with Crippen LogP contribution in [0, 0.1) is 17.8 Å². The van der Waals surface area contributed by atoms with Crippen LogP contribution in [0.3, 0.4) is 0 Å². The number of anilines is 1. The van der Waals surface area contributed by atoms with E-state index in [1.54, 1.807) is 13.1 Å². The summed E-state index contributed by atoms with van der Waals surface area (Å²) in [6, 6.07) is 23.6. The van der Waals surface area contributed by atoms with E-state index in [4.69, 9.17) is 9.84 Å². The Labute approximate surface area is 391 Å². The molecule has 354 valence electrons. The van der Waals surface area contributed by atoms with Crippen LogP contribution >= 0.6 is 0 Å². The molecule has 8 rings (SSSR count). The van der Waals surface area contributed by atoms with Crippen LogP contribution in [-0.4, -0.2) is 135 Å². The Balaban J connectivity index is 0.00000320. The van der Waals surface area contributed by atoms with Crippen LogP contribution in [0.1, 0.15) is 106 Å². The molecule has 0 spiro atoms. The Morgan fingerprint density at radius 2 is 1.52 bits per heavy atom. The Bertz CT molecular complexity index is 2160. The molecule has 4 aromatic rings. The summed E-state index contributed by atoms with van der Waals surface area (Å²) >= 11 is 0. The number of likely N-dealkylation sites (tertiary alicyclic amines) is 3. The third-order valence-corrected chi connectivity index (χ3v) is 14.5. The van der Waals surface area contributed by atoms with Gasteiger partial charge in [-0.15, -0.1) is 0 Å². The van der Waals surface area contributed by atoms with E-state index in [-0.39, 0.29) is 11.9 Å². The minimum atomic E-state index is -0.225. The minimum absolute atomic E-state index is 0.225. The molecule has 2 amide bonds. The number of nitrogens with two attached hydrogens (primary N) is 1. The van der Waals surface area contributed by atoms with Gasteiger partial charge in [0.1, 0.15) is 23.0 Å². The number of piperidine rings is 3. The number of carbonyl (C=O) groups is 4. The van der Waals surface area contributed by atoms with Gasteiger partial charge in [-0.1, -0.05) is 30.3 Å². The Morgan fingerprint density at radius 1 is 0.818 bits per heavy atom. The highest BCUT2D eigenvalue weighted by molar-refractivity contribution is 6.01. The molecule has 2 unspecified atom stereocenters. The third kappa shape index (κ3) is 12.3. The quantitative estimate of drug-likeness (QED) is 0.0584. The number of aldehydes is 2. The maximum Gasteiger partial charge on any atom is 0.251 e. The average Bonchev–Trinajstić information content (AvgIpc) is 3.76. The summed E-state index contributed by atoms with van der Waals surface area (Å²) in [7, 11) is 3.09. The maximum absolute atomic E-state index is 12.5. The summed E-state index contributed by atoms with van der Waals surface area (Å²) < 4.78 is 8.13. The molecule has 1 aromatic heterocycles. The van der Waals surface area contributed by atoms with Crippen molar-refractivity contribution < 1.29 is 23.9 Å². The molecular formula is C52H71N9O5.